The van der Waals surface area contributed by atoms with Gasteiger partial charge in [0.1, 0.15) is 11.3 Å². The summed E-state index contributed by atoms with van der Waals surface area (Å²) in [6.07, 6.45) is -1.06. The van der Waals surface area contributed by atoms with Crippen molar-refractivity contribution in [1.82, 2.24) is 28.3 Å². The van der Waals surface area contributed by atoms with Crippen LogP contribution in [0.25, 0.3) is 22.6 Å². The fourth-order valence-electron chi connectivity index (χ4n) is 3.84. The minimum absolute atomic E-state index is 0.0503. The molecule has 0 unspecified atom stereocenters. The zero-order valence-corrected chi connectivity index (χ0v) is 20.2. The fraction of sp³-hybridized carbons (Fsp3) is 0.364. The van der Waals surface area contributed by atoms with E-state index >= 15 is 0 Å². The summed E-state index contributed by atoms with van der Waals surface area (Å²) in [6, 6.07) is 4.05. The number of alkyl halides is 3. The molecule has 1 N–H and O–H groups in total. The van der Waals surface area contributed by atoms with E-state index in [0.717, 1.165) is 29.0 Å². The van der Waals surface area contributed by atoms with E-state index in [1.807, 2.05) is 13.8 Å². The van der Waals surface area contributed by atoms with Gasteiger partial charge in [0.15, 0.2) is 5.65 Å². The molecule has 0 aliphatic carbocycles. The third kappa shape index (κ3) is 4.72. The van der Waals surface area contributed by atoms with Crippen LogP contribution in [0.4, 0.5) is 13.2 Å². The number of nitrogens with one attached hydrogen (secondary N) is 1. The Hall–Kier alpha value is -3.68. The van der Waals surface area contributed by atoms with Gasteiger partial charge in [0.05, 0.1) is 29.3 Å². The number of imidazole rings is 1. The van der Waals surface area contributed by atoms with Crippen LogP contribution in [0, 0.1) is 0 Å². The zero-order chi connectivity index (χ0) is 26.3. The smallest absolute Gasteiger partial charge is 0.332 e. The Morgan fingerprint density at radius 1 is 1.06 bits per heavy atom. The number of hydrogen-bond donors (Lipinski definition) is 1. The number of halogens is 3. The topological polar surface area (TPSA) is 125 Å². The van der Waals surface area contributed by atoms with Crippen LogP contribution in [0.5, 0.6) is 0 Å². The van der Waals surface area contributed by atoms with Crippen molar-refractivity contribution in [1.29, 1.82) is 0 Å². The van der Waals surface area contributed by atoms with Gasteiger partial charge in [0.25, 0.3) is 15.6 Å². The number of aromatic amines is 1. The Balaban J connectivity index is 1.72. The van der Waals surface area contributed by atoms with Gasteiger partial charge in [-0.3, -0.25) is 13.9 Å². The Bertz CT molecular complexity index is 1650. The largest absolute Gasteiger partial charge is 0.416 e. The predicted molar refractivity (Wildman–Crippen MR) is 126 cm³/mol. The molecule has 0 spiro atoms. The predicted octanol–water partition coefficient (Wildman–Crippen LogP) is 2.97. The molecule has 0 aliphatic rings. The summed E-state index contributed by atoms with van der Waals surface area (Å²) in [5, 5.41) is 3.84. The maximum absolute atomic E-state index is 13.0. The summed E-state index contributed by atoms with van der Waals surface area (Å²) in [4.78, 5) is 32.9. The highest BCUT2D eigenvalue weighted by atomic mass is 32.2. The third-order valence-electron chi connectivity index (χ3n) is 5.48. The lowest BCUT2D eigenvalue weighted by molar-refractivity contribution is -0.137. The van der Waals surface area contributed by atoms with Crippen LogP contribution >= 0.6 is 0 Å². The molecular formula is C22H23F3N6O4S. The van der Waals surface area contributed by atoms with Crippen LogP contribution in [0.2, 0.25) is 0 Å². The third-order valence-corrected chi connectivity index (χ3v) is 6.95. The van der Waals surface area contributed by atoms with Crippen molar-refractivity contribution >= 4 is 21.2 Å². The average molecular weight is 525 g/mol. The van der Waals surface area contributed by atoms with E-state index in [9.17, 15) is 31.2 Å². The second-order valence-electron chi connectivity index (χ2n) is 8.23. The quantitative estimate of drug-likeness (QED) is 0.378. The second-order valence-corrected chi connectivity index (χ2v) is 10.1. The Morgan fingerprint density at radius 3 is 2.42 bits per heavy atom. The molecule has 3 heterocycles. The van der Waals surface area contributed by atoms with E-state index in [4.69, 9.17) is 0 Å². The molecule has 0 radical (unpaired) electrons. The SMILES string of the molecule is CCCn1c(=O)c2[nH]c(-c3cnn(S(=O)(=O)Cc4cccc(C(F)(F)F)c4)c3)nc2n(CCC)c1=O. The maximum atomic E-state index is 13.0. The second kappa shape index (κ2) is 9.41. The van der Waals surface area contributed by atoms with Crippen molar-refractivity contribution in [2.45, 2.75) is 51.7 Å². The Labute approximate surface area is 203 Å². The number of rotatable bonds is 8. The summed E-state index contributed by atoms with van der Waals surface area (Å²) in [7, 11) is -4.16. The van der Waals surface area contributed by atoms with Crippen LogP contribution in [0.1, 0.15) is 37.8 Å². The number of fused-ring (bicyclic) bond motifs is 1. The van der Waals surface area contributed by atoms with Crippen LogP contribution in [-0.2, 0) is 35.0 Å². The van der Waals surface area contributed by atoms with Crippen molar-refractivity contribution in [2.75, 3.05) is 0 Å². The zero-order valence-electron chi connectivity index (χ0n) is 19.4. The van der Waals surface area contributed by atoms with Crippen molar-refractivity contribution in [3.63, 3.8) is 0 Å². The fourth-order valence-corrected chi connectivity index (χ4v) is 5.04. The van der Waals surface area contributed by atoms with E-state index < -0.39 is 38.8 Å². The minimum Gasteiger partial charge on any atom is -0.332 e. The van der Waals surface area contributed by atoms with Gasteiger partial charge >= 0.3 is 11.9 Å². The first-order chi connectivity index (χ1) is 17.0. The molecule has 1 aromatic carbocycles. The molecule has 0 aliphatic heterocycles. The van der Waals surface area contributed by atoms with Gasteiger partial charge in [0.2, 0.25) is 0 Å². The molecule has 192 valence electrons. The molecule has 0 atom stereocenters. The van der Waals surface area contributed by atoms with E-state index in [-0.39, 0.29) is 34.7 Å². The molecule has 14 heteroatoms. The summed E-state index contributed by atoms with van der Waals surface area (Å²) in [5.74, 6) is -0.586. The molecule has 0 bridgehead atoms. The van der Waals surface area contributed by atoms with Crippen LogP contribution in [-0.4, -0.2) is 36.7 Å². The summed E-state index contributed by atoms with van der Waals surface area (Å²) < 4.78 is 67.7. The first kappa shape index (κ1) is 25.4. The van der Waals surface area contributed by atoms with Gasteiger partial charge in [-0.2, -0.15) is 22.4 Å². The van der Waals surface area contributed by atoms with Gasteiger partial charge < -0.3 is 4.98 Å². The van der Waals surface area contributed by atoms with Gasteiger partial charge in [-0.25, -0.2) is 18.2 Å². The lowest BCUT2D eigenvalue weighted by Crippen LogP contribution is -2.40. The van der Waals surface area contributed by atoms with Crippen LogP contribution in [0.3, 0.4) is 0 Å². The number of aryl methyl sites for hydroxylation is 1. The average Bonchev–Trinajstić information content (AvgIpc) is 3.47. The lowest BCUT2D eigenvalue weighted by Gasteiger charge is -2.09. The molecule has 36 heavy (non-hydrogen) atoms. The number of H-pyrrole nitrogens is 1. The van der Waals surface area contributed by atoms with E-state index in [2.05, 4.69) is 15.1 Å². The Kier molecular flexibility index (Phi) is 6.64. The summed E-state index contributed by atoms with van der Waals surface area (Å²) in [5.41, 5.74) is -1.55. The molecular weight excluding hydrogens is 501 g/mol. The lowest BCUT2D eigenvalue weighted by atomic mass is 10.1. The van der Waals surface area contributed by atoms with E-state index in [1.165, 1.54) is 16.8 Å². The highest BCUT2D eigenvalue weighted by Gasteiger charge is 2.31. The number of hydrogen-bond acceptors (Lipinski definition) is 6. The molecule has 4 aromatic rings. The van der Waals surface area contributed by atoms with Crippen LogP contribution in [0.15, 0.2) is 46.2 Å². The molecule has 0 amide bonds. The van der Waals surface area contributed by atoms with Crippen molar-refractivity contribution in [3.8, 4) is 11.4 Å². The highest BCUT2D eigenvalue weighted by molar-refractivity contribution is 7.89. The van der Waals surface area contributed by atoms with Gasteiger partial charge in [-0.15, -0.1) is 0 Å². The van der Waals surface area contributed by atoms with Crippen molar-refractivity contribution < 1.29 is 21.6 Å². The molecule has 0 saturated carbocycles. The Morgan fingerprint density at radius 2 is 1.75 bits per heavy atom. The van der Waals surface area contributed by atoms with Gasteiger partial charge in [0, 0.05) is 13.1 Å². The van der Waals surface area contributed by atoms with Crippen LogP contribution < -0.4 is 11.2 Å². The number of benzene rings is 1. The van der Waals surface area contributed by atoms with E-state index in [1.54, 1.807) is 0 Å². The summed E-state index contributed by atoms with van der Waals surface area (Å²) >= 11 is 0. The number of aromatic nitrogens is 6. The molecule has 4 rings (SSSR count). The van der Waals surface area contributed by atoms with Gasteiger partial charge in [-0.05, 0) is 24.5 Å². The van der Waals surface area contributed by atoms with Gasteiger partial charge in [-0.1, -0.05) is 32.0 Å². The molecule has 0 fully saturated rings. The molecule has 0 saturated heterocycles. The first-order valence-corrected chi connectivity index (χ1v) is 12.7. The summed E-state index contributed by atoms with van der Waals surface area (Å²) in [6.45, 7) is 4.28. The standard InChI is InChI=1S/C22H23F3N6O4S/c1-3-8-29-19-17(20(32)30(9-4-2)21(29)33)27-18(28-19)15-11-26-31(12-15)36(34,35)13-14-6-5-7-16(10-14)22(23,24)25/h5-7,10-12H,3-4,8-9,13H2,1-2H3,(H,27,28). The van der Waals surface area contributed by atoms with Crippen molar-refractivity contribution in [3.05, 3.63) is 68.6 Å². The molecule has 10 nitrogen and oxygen atoms in total. The monoisotopic (exact) mass is 524 g/mol. The van der Waals surface area contributed by atoms with Crippen molar-refractivity contribution in [2.24, 2.45) is 0 Å². The minimum atomic E-state index is -4.60. The van der Waals surface area contributed by atoms with E-state index in [0.29, 0.717) is 23.5 Å². The molecule has 3 aromatic heterocycles. The highest BCUT2D eigenvalue weighted by Crippen LogP contribution is 2.30. The normalized spacial score (nSPS) is 12.5. The first-order valence-electron chi connectivity index (χ1n) is 11.1. The maximum Gasteiger partial charge on any atom is 0.416 e. The number of nitrogens with zero attached hydrogens (tertiary/aromatic N) is 5.